The van der Waals surface area contributed by atoms with Crippen molar-refractivity contribution in [2.75, 3.05) is 47.5 Å². The van der Waals surface area contributed by atoms with Gasteiger partial charge >= 0.3 is 11.9 Å². The van der Waals surface area contributed by atoms with E-state index in [0.29, 0.717) is 17.4 Å². The van der Waals surface area contributed by atoms with Crippen LogP contribution in [0.1, 0.15) is 335 Å². The van der Waals surface area contributed by atoms with Crippen LogP contribution < -0.4 is 4.89 Å². The van der Waals surface area contributed by atoms with Crippen molar-refractivity contribution in [1.29, 1.82) is 0 Å². The monoisotopic (exact) mass is 1280 g/mol. The lowest BCUT2D eigenvalue weighted by molar-refractivity contribution is -0.870. The van der Waals surface area contributed by atoms with Gasteiger partial charge in [0.25, 0.3) is 7.82 Å². The van der Waals surface area contributed by atoms with Gasteiger partial charge in [-0.25, -0.2) is 0 Å². The van der Waals surface area contributed by atoms with E-state index in [1.54, 1.807) is 0 Å². The van der Waals surface area contributed by atoms with Gasteiger partial charge in [-0.2, -0.15) is 0 Å². The molecule has 0 amide bonds. The molecule has 0 aliphatic heterocycles. The minimum atomic E-state index is -4.65. The van der Waals surface area contributed by atoms with Gasteiger partial charge in [-0.05, 0) is 83.5 Å². The number of hydrogen-bond donors (Lipinski definition) is 0. The van der Waals surface area contributed by atoms with Crippen molar-refractivity contribution >= 4 is 19.8 Å². The zero-order chi connectivity index (χ0) is 65.5. The molecule has 0 saturated carbocycles. The third-order valence-corrected chi connectivity index (χ3v) is 17.3. The molecule has 2 atom stereocenters. The van der Waals surface area contributed by atoms with Gasteiger partial charge in [-0.1, -0.05) is 348 Å². The Balaban J connectivity index is 4.03. The lowest BCUT2D eigenvalue weighted by Gasteiger charge is -2.28. The van der Waals surface area contributed by atoms with Gasteiger partial charge in [-0.15, -0.1) is 0 Å². The number of esters is 2. The summed E-state index contributed by atoms with van der Waals surface area (Å²) in [7, 11) is 1.17. The van der Waals surface area contributed by atoms with E-state index < -0.39 is 26.5 Å². The largest absolute Gasteiger partial charge is 0.756 e. The molecule has 0 aromatic heterocycles. The molecule has 2 unspecified atom stereocenters. The highest BCUT2D eigenvalue weighted by Gasteiger charge is 2.22. The number of unbranched alkanes of at least 4 members (excludes halogenated alkanes) is 37. The first-order chi connectivity index (χ1) is 44.0. The highest BCUT2D eigenvalue weighted by Crippen LogP contribution is 2.38. The Bertz CT molecular complexity index is 1890. The molecule has 0 aliphatic rings. The summed E-state index contributed by atoms with van der Waals surface area (Å²) < 4.78 is 34.4. The predicted octanol–water partition coefficient (Wildman–Crippen LogP) is 24.2. The van der Waals surface area contributed by atoms with E-state index in [2.05, 4.69) is 123 Å². The lowest BCUT2D eigenvalue weighted by Crippen LogP contribution is -2.37. The number of nitrogens with zero attached hydrogens (tertiary/aromatic N) is 1. The highest BCUT2D eigenvalue weighted by atomic mass is 31.2. The summed E-state index contributed by atoms with van der Waals surface area (Å²) in [5.41, 5.74) is 0. The molecule has 9 nitrogen and oxygen atoms in total. The Hall–Kier alpha value is -3.33. The number of ether oxygens (including phenoxy) is 2. The number of phosphoric ester groups is 1. The van der Waals surface area contributed by atoms with Crippen molar-refractivity contribution < 1.29 is 42.1 Å². The molecule has 0 fully saturated rings. The van der Waals surface area contributed by atoms with E-state index in [-0.39, 0.29) is 32.0 Å². The van der Waals surface area contributed by atoms with E-state index in [9.17, 15) is 19.0 Å². The first-order valence-electron chi connectivity index (χ1n) is 37.6. The standard InChI is InChI=1S/C80H142NO8P/c1-6-8-10-12-14-16-18-20-22-24-26-28-30-32-34-35-36-37-38-39-40-41-42-43-44-45-47-49-51-53-55-57-59-61-63-65-67-69-71-73-80(83)89-78(77-88-90(84,85)87-75-74-81(3,4)5)76-86-79(82)72-70-68-66-64-62-60-58-56-54-52-50-48-46-33-31-29-27-25-23-21-19-17-15-13-11-9-7-2/h8,10,14,16,20,22,26,28,32,34,36-37,39-40,42-43,45,47,78H,6-7,9,11-13,15,17-19,21,23-25,27,29-31,33,35,38,41,44,46,48-77H2,1-5H3/b10-8-,16-14-,22-20-,28-26-,34-32-,37-36-,40-39-,43-42-,47-45-. The van der Waals surface area contributed by atoms with Crippen LogP contribution in [0.2, 0.25) is 0 Å². The molecule has 0 bridgehead atoms. The summed E-state index contributed by atoms with van der Waals surface area (Å²) >= 11 is 0. The van der Waals surface area contributed by atoms with Gasteiger partial charge in [0.05, 0.1) is 27.7 Å². The van der Waals surface area contributed by atoms with Crippen molar-refractivity contribution in [3.63, 3.8) is 0 Å². The molecule has 0 heterocycles. The SMILES string of the molecule is CC/C=C\C/C=C\C/C=C\C/C=C\C/C=C\C/C=C\C/C=C\C/C=C\C/C=C\CCCCCCCCCCCCCC(=O)OC(COC(=O)CCCCCCCCCCCCCCCCCCCCCCCCCCCCC)COP(=O)([O-])OCC[N+](C)(C)C. The Labute approximate surface area is 556 Å². The van der Waals surface area contributed by atoms with Crippen molar-refractivity contribution in [2.45, 2.75) is 341 Å². The third-order valence-electron chi connectivity index (χ3n) is 16.3. The summed E-state index contributed by atoms with van der Waals surface area (Å²) in [4.78, 5) is 38.1. The van der Waals surface area contributed by atoms with Crippen LogP contribution in [0.5, 0.6) is 0 Å². The second-order valence-electron chi connectivity index (χ2n) is 26.3. The molecular weight excluding hydrogens is 1130 g/mol. The van der Waals surface area contributed by atoms with Crippen molar-refractivity contribution in [2.24, 2.45) is 0 Å². The first-order valence-corrected chi connectivity index (χ1v) is 39.1. The highest BCUT2D eigenvalue weighted by molar-refractivity contribution is 7.45. The Morgan fingerprint density at radius 3 is 0.944 bits per heavy atom. The molecule has 520 valence electrons. The molecule has 10 heteroatoms. The van der Waals surface area contributed by atoms with Crippen molar-refractivity contribution in [3.8, 4) is 0 Å². The molecule has 0 rings (SSSR count). The second kappa shape index (κ2) is 70.0. The molecule has 0 saturated heterocycles. The van der Waals surface area contributed by atoms with Crippen LogP contribution >= 0.6 is 7.82 Å². The van der Waals surface area contributed by atoms with E-state index in [4.69, 9.17) is 18.5 Å². The fourth-order valence-corrected chi connectivity index (χ4v) is 11.3. The fraction of sp³-hybridized carbons (Fsp3) is 0.750. The number of carbonyl (C=O) groups is 2. The average molecular weight is 1280 g/mol. The zero-order valence-corrected chi connectivity index (χ0v) is 60.2. The summed E-state index contributed by atoms with van der Waals surface area (Å²) in [5.74, 6) is -0.826. The summed E-state index contributed by atoms with van der Waals surface area (Å²) in [6.45, 7) is 4.17. The van der Waals surface area contributed by atoms with Crippen LogP contribution in [0.25, 0.3) is 0 Å². The van der Waals surface area contributed by atoms with E-state index in [0.717, 1.165) is 103 Å². The number of hydrogen-bond acceptors (Lipinski definition) is 8. The van der Waals surface area contributed by atoms with Gasteiger partial charge in [0.15, 0.2) is 6.10 Å². The fourth-order valence-electron chi connectivity index (χ4n) is 10.6. The van der Waals surface area contributed by atoms with Gasteiger partial charge in [0.1, 0.15) is 19.8 Å². The maximum Gasteiger partial charge on any atom is 0.306 e. The van der Waals surface area contributed by atoms with Crippen molar-refractivity contribution in [1.82, 2.24) is 0 Å². The number of likely N-dealkylation sites (N-methyl/N-ethyl adjacent to an activating group) is 1. The third kappa shape index (κ3) is 73.7. The Morgan fingerprint density at radius 1 is 0.356 bits per heavy atom. The maximum atomic E-state index is 12.9. The number of allylic oxidation sites excluding steroid dienone is 18. The van der Waals surface area contributed by atoms with E-state index in [1.807, 2.05) is 21.1 Å². The van der Waals surface area contributed by atoms with Gasteiger partial charge in [-0.3, -0.25) is 14.2 Å². The van der Waals surface area contributed by atoms with Crippen LogP contribution in [0.3, 0.4) is 0 Å². The predicted molar refractivity (Wildman–Crippen MR) is 388 cm³/mol. The first kappa shape index (κ1) is 86.7. The van der Waals surface area contributed by atoms with Gasteiger partial charge in [0, 0.05) is 12.8 Å². The molecule has 0 spiro atoms. The molecular formula is C80H142NO8P. The Kier molecular flexibility index (Phi) is 67.4. The summed E-state index contributed by atoms with van der Waals surface area (Å²) in [6, 6.07) is 0. The van der Waals surface area contributed by atoms with Gasteiger partial charge < -0.3 is 27.9 Å². The van der Waals surface area contributed by atoms with Crippen LogP contribution in [-0.2, 0) is 32.7 Å². The molecule has 90 heavy (non-hydrogen) atoms. The molecule has 0 aromatic rings. The maximum absolute atomic E-state index is 12.9. The average Bonchev–Trinajstić information content (AvgIpc) is 3.58. The zero-order valence-electron chi connectivity index (χ0n) is 59.3. The lowest BCUT2D eigenvalue weighted by atomic mass is 10.0. The van der Waals surface area contributed by atoms with E-state index in [1.165, 1.54) is 199 Å². The van der Waals surface area contributed by atoms with E-state index >= 15 is 0 Å². The molecule has 0 aromatic carbocycles. The minimum absolute atomic E-state index is 0.0336. The van der Waals surface area contributed by atoms with Crippen LogP contribution in [0.4, 0.5) is 0 Å². The van der Waals surface area contributed by atoms with Crippen LogP contribution in [0.15, 0.2) is 109 Å². The normalized spacial score (nSPS) is 13.7. The van der Waals surface area contributed by atoms with Crippen molar-refractivity contribution in [3.05, 3.63) is 109 Å². The number of quaternary nitrogens is 1. The molecule has 0 aliphatic carbocycles. The number of rotatable bonds is 69. The Morgan fingerprint density at radius 2 is 0.633 bits per heavy atom. The molecule has 0 N–H and O–H groups in total. The number of phosphoric acid groups is 1. The topological polar surface area (TPSA) is 111 Å². The smallest absolute Gasteiger partial charge is 0.306 e. The van der Waals surface area contributed by atoms with Crippen LogP contribution in [-0.4, -0.2) is 70.0 Å². The van der Waals surface area contributed by atoms with Gasteiger partial charge in [0.2, 0.25) is 0 Å². The minimum Gasteiger partial charge on any atom is -0.756 e. The second-order valence-corrected chi connectivity index (χ2v) is 27.7. The quantitative estimate of drug-likeness (QED) is 0.0195. The molecule has 0 radical (unpaired) electrons. The summed E-state index contributed by atoms with van der Waals surface area (Å²) in [6.07, 6.45) is 99.0. The summed E-state index contributed by atoms with van der Waals surface area (Å²) in [5, 5.41) is 0. The number of carbonyl (C=O) groups excluding carboxylic acids is 2. The van der Waals surface area contributed by atoms with Crippen LogP contribution in [0, 0.1) is 0 Å².